The smallest absolute Gasteiger partial charge is 0.182 e. The molecule has 1 heterocycles. The zero-order chi connectivity index (χ0) is 13.8. The summed E-state index contributed by atoms with van der Waals surface area (Å²) in [6, 6.07) is 5.70. The number of nitrogens with zero attached hydrogens (tertiary/aromatic N) is 1. The third-order valence-corrected chi connectivity index (χ3v) is 3.42. The lowest BCUT2D eigenvalue weighted by Crippen LogP contribution is -1.98. The summed E-state index contributed by atoms with van der Waals surface area (Å²) in [4.78, 5) is 4.87. The van der Waals surface area contributed by atoms with Crippen LogP contribution in [0.1, 0.15) is 13.8 Å². The van der Waals surface area contributed by atoms with Crippen LogP contribution >= 0.6 is 11.3 Å². The van der Waals surface area contributed by atoms with E-state index in [0.717, 1.165) is 16.2 Å². The van der Waals surface area contributed by atoms with Gasteiger partial charge in [-0.3, -0.25) is 0 Å². The highest BCUT2D eigenvalue weighted by molar-refractivity contribution is 7.19. The number of benzene rings is 1. The Balaban J connectivity index is 2.42. The first-order valence-electron chi connectivity index (χ1n) is 6.07. The number of rotatable bonds is 5. The summed E-state index contributed by atoms with van der Waals surface area (Å²) in [5.41, 5.74) is 12.4. The molecule has 6 heteroatoms. The van der Waals surface area contributed by atoms with Crippen LogP contribution in [-0.2, 0) is 0 Å². The minimum Gasteiger partial charge on any atom is -0.490 e. The Kier molecular flexibility index (Phi) is 4.11. The van der Waals surface area contributed by atoms with Crippen LogP contribution in [0.2, 0.25) is 0 Å². The molecular formula is C13H17N3O2S. The van der Waals surface area contributed by atoms with E-state index in [9.17, 15) is 0 Å². The van der Waals surface area contributed by atoms with Crippen LogP contribution in [0.15, 0.2) is 18.2 Å². The zero-order valence-electron chi connectivity index (χ0n) is 11.0. The molecular weight excluding hydrogens is 262 g/mol. The average molecular weight is 279 g/mol. The number of nitrogens with two attached hydrogens (primary N) is 2. The zero-order valence-corrected chi connectivity index (χ0v) is 11.8. The Bertz CT molecular complexity index is 569. The molecule has 0 spiro atoms. The molecule has 0 fully saturated rings. The van der Waals surface area contributed by atoms with Crippen molar-refractivity contribution in [2.24, 2.45) is 0 Å². The Hall–Kier alpha value is -1.95. The van der Waals surface area contributed by atoms with E-state index in [1.807, 2.05) is 32.0 Å². The largest absolute Gasteiger partial charge is 0.490 e. The van der Waals surface area contributed by atoms with Crippen LogP contribution in [0.4, 0.5) is 10.9 Å². The molecule has 2 rings (SSSR count). The van der Waals surface area contributed by atoms with Gasteiger partial charge in [0.25, 0.3) is 0 Å². The summed E-state index contributed by atoms with van der Waals surface area (Å²) in [5.74, 6) is 1.87. The summed E-state index contributed by atoms with van der Waals surface area (Å²) < 4.78 is 11.1. The van der Waals surface area contributed by atoms with Crippen LogP contribution in [0.3, 0.4) is 0 Å². The molecule has 0 radical (unpaired) electrons. The lowest BCUT2D eigenvalue weighted by molar-refractivity contribution is 0.288. The van der Waals surface area contributed by atoms with E-state index in [-0.39, 0.29) is 0 Å². The van der Waals surface area contributed by atoms with Crippen LogP contribution in [0.5, 0.6) is 11.5 Å². The van der Waals surface area contributed by atoms with Gasteiger partial charge in [-0.15, -0.1) is 0 Å². The highest BCUT2D eigenvalue weighted by atomic mass is 32.1. The Morgan fingerprint density at radius 3 is 2.37 bits per heavy atom. The van der Waals surface area contributed by atoms with Crippen molar-refractivity contribution in [3.63, 3.8) is 0 Å². The van der Waals surface area contributed by atoms with Crippen molar-refractivity contribution in [3.8, 4) is 21.9 Å². The maximum Gasteiger partial charge on any atom is 0.182 e. The van der Waals surface area contributed by atoms with Crippen molar-refractivity contribution in [3.05, 3.63) is 18.2 Å². The van der Waals surface area contributed by atoms with Gasteiger partial charge in [-0.1, -0.05) is 11.3 Å². The molecule has 0 atom stereocenters. The molecule has 0 saturated carbocycles. The predicted octanol–water partition coefficient (Wildman–Crippen LogP) is 2.77. The summed E-state index contributed by atoms with van der Waals surface area (Å²) in [6.07, 6.45) is 0. The van der Waals surface area contributed by atoms with Gasteiger partial charge in [0.05, 0.1) is 18.1 Å². The molecule has 0 saturated heterocycles. The van der Waals surface area contributed by atoms with Gasteiger partial charge in [-0.05, 0) is 37.6 Å². The SMILES string of the molecule is CCOc1ccc(-c2sc(N)nc2N)cc1OCC. The summed E-state index contributed by atoms with van der Waals surface area (Å²) >= 11 is 1.36. The van der Waals surface area contributed by atoms with Crippen molar-refractivity contribution < 1.29 is 9.47 Å². The van der Waals surface area contributed by atoms with Crippen molar-refractivity contribution in [1.29, 1.82) is 0 Å². The maximum atomic E-state index is 5.84. The second kappa shape index (κ2) is 5.79. The van der Waals surface area contributed by atoms with Crippen LogP contribution in [-0.4, -0.2) is 18.2 Å². The molecule has 0 bridgehead atoms. The standard InChI is InChI=1S/C13H17N3O2S/c1-3-17-9-6-5-8(7-10(9)18-4-2)11-12(14)16-13(15)19-11/h5-7H,3-4,14H2,1-2H3,(H2,15,16). The van der Waals surface area contributed by atoms with Gasteiger partial charge in [0.1, 0.15) is 5.82 Å². The second-order valence-corrected chi connectivity index (χ2v) is 4.82. The Morgan fingerprint density at radius 2 is 1.79 bits per heavy atom. The molecule has 0 aliphatic heterocycles. The Morgan fingerprint density at radius 1 is 1.11 bits per heavy atom. The summed E-state index contributed by atoms with van der Waals surface area (Å²) in [6.45, 7) is 5.03. The van der Waals surface area contributed by atoms with Gasteiger partial charge in [0.2, 0.25) is 0 Å². The van der Waals surface area contributed by atoms with Gasteiger partial charge in [0.15, 0.2) is 16.6 Å². The number of anilines is 2. The lowest BCUT2D eigenvalue weighted by atomic mass is 10.1. The van der Waals surface area contributed by atoms with Gasteiger partial charge in [-0.25, -0.2) is 4.98 Å². The highest BCUT2D eigenvalue weighted by Crippen LogP contribution is 2.38. The van der Waals surface area contributed by atoms with Gasteiger partial charge in [0, 0.05) is 0 Å². The van der Waals surface area contributed by atoms with Gasteiger partial charge < -0.3 is 20.9 Å². The maximum absolute atomic E-state index is 5.84. The summed E-state index contributed by atoms with van der Waals surface area (Å²) in [5, 5.41) is 0.458. The second-order valence-electron chi connectivity index (χ2n) is 3.79. The van der Waals surface area contributed by atoms with E-state index in [1.54, 1.807) is 0 Å². The van der Waals surface area contributed by atoms with Gasteiger partial charge >= 0.3 is 0 Å². The Labute approximate surface area is 116 Å². The number of hydrogen-bond acceptors (Lipinski definition) is 6. The first-order valence-corrected chi connectivity index (χ1v) is 6.89. The average Bonchev–Trinajstić information content (AvgIpc) is 2.71. The van der Waals surface area contributed by atoms with Crippen LogP contribution in [0.25, 0.3) is 10.4 Å². The fourth-order valence-corrected chi connectivity index (χ4v) is 2.50. The molecule has 1 aromatic carbocycles. The van der Waals surface area contributed by atoms with E-state index >= 15 is 0 Å². The van der Waals surface area contributed by atoms with Crippen molar-refractivity contribution in [1.82, 2.24) is 4.98 Å². The number of ether oxygens (including phenoxy) is 2. The van der Waals surface area contributed by atoms with Crippen molar-refractivity contribution >= 4 is 22.3 Å². The predicted molar refractivity (Wildman–Crippen MR) is 78.7 cm³/mol. The third-order valence-electron chi connectivity index (χ3n) is 2.48. The molecule has 0 amide bonds. The van der Waals surface area contributed by atoms with E-state index in [2.05, 4.69) is 4.98 Å². The number of aromatic nitrogens is 1. The molecule has 2 aromatic rings. The quantitative estimate of drug-likeness (QED) is 0.879. The number of nitrogen functional groups attached to an aromatic ring is 2. The molecule has 1 aromatic heterocycles. The number of thiazole rings is 1. The highest BCUT2D eigenvalue weighted by Gasteiger charge is 2.12. The molecule has 0 unspecified atom stereocenters. The molecule has 19 heavy (non-hydrogen) atoms. The molecule has 0 aliphatic rings. The molecule has 5 nitrogen and oxygen atoms in total. The third kappa shape index (κ3) is 2.90. The van der Waals surface area contributed by atoms with Crippen LogP contribution < -0.4 is 20.9 Å². The topological polar surface area (TPSA) is 83.4 Å². The molecule has 0 aliphatic carbocycles. The molecule has 4 N–H and O–H groups in total. The summed E-state index contributed by atoms with van der Waals surface area (Å²) in [7, 11) is 0. The van der Waals surface area contributed by atoms with E-state index in [0.29, 0.717) is 29.9 Å². The first kappa shape index (κ1) is 13.5. The van der Waals surface area contributed by atoms with E-state index < -0.39 is 0 Å². The van der Waals surface area contributed by atoms with Crippen molar-refractivity contribution in [2.75, 3.05) is 24.7 Å². The lowest BCUT2D eigenvalue weighted by Gasteiger charge is -2.12. The van der Waals surface area contributed by atoms with Gasteiger partial charge in [-0.2, -0.15) is 0 Å². The monoisotopic (exact) mass is 279 g/mol. The number of hydrogen-bond donors (Lipinski definition) is 2. The fourth-order valence-electron chi connectivity index (χ4n) is 1.75. The normalized spacial score (nSPS) is 10.4. The fraction of sp³-hybridized carbons (Fsp3) is 0.308. The molecule has 102 valence electrons. The van der Waals surface area contributed by atoms with Crippen molar-refractivity contribution in [2.45, 2.75) is 13.8 Å². The van der Waals surface area contributed by atoms with Crippen LogP contribution in [0, 0.1) is 0 Å². The minimum absolute atomic E-state index is 0.439. The van der Waals surface area contributed by atoms with E-state index in [1.165, 1.54) is 11.3 Å². The minimum atomic E-state index is 0.439. The van der Waals surface area contributed by atoms with E-state index in [4.69, 9.17) is 20.9 Å². The first-order chi connectivity index (χ1) is 9.15.